The zero-order valence-electron chi connectivity index (χ0n) is 12.6. The van der Waals surface area contributed by atoms with Crippen LogP contribution in [-0.2, 0) is 4.74 Å². The first-order valence-corrected chi connectivity index (χ1v) is 6.44. The number of amides is 1. The number of nitrogens with zero attached hydrogens (tertiary/aromatic N) is 1. The molecule has 0 fully saturated rings. The van der Waals surface area contributed by atoms with Gasteiger partial charge >= 0.3 is 25.0 Å². The summed E-state index contributed by atoms with van der Waals surface area (Å²) in [5.74, 6) is 0. The maximum absolute atomic E-state index is 11.9. The van der Waals surface area contributed by atoms with Crippen LogP contribution in [0.4, 0.5) is 4.79 Å². The van der Waals surface area contributed by atoms with E-state index in [1.165, 1.54) is 17.6 Å². The van der Waals surface area contributed by atoms with Gasteiger partial charge in [0.15, 0.2) is 0 Å². The molecule has 4 heteroatoms. The molecular weight excluding hydrogens is 221 g/mol. The van der Waals surface area contributed by atoms with E-state index in [0.717, 1.165) is 12.8 Å². The van der Waals surface area contributed by atoms with Crippen LogP contribution in [0.25, 0.3) is 0 Å². The van der Waals surface area contributed by atoms with Crippen LogP contribution in [0.2, 0.25) is 0 Å². The van der Waals surface area contributed by atoms with Gasteiger partial charge in [-0.15, -0.1) is 6.92 Å². The van der Waals surface area contributed by atoms with Crippen molar-refractivity contribution in [3.8, 4) is 0 Å². The second-order valence-corrected chi connectivity index (χ2v) is 5.26. The summed E-state index contributed by atoms with van der Waals surface area (Å²) < 4.78 is 5.29. The van der Waals surface area contributed by atoms with Crippen molar-refractivity contribution in [3.05, 3.63) is 17.8 Å². The zero-order valence-corrected chi connectivity index (χ0v) is 12.6. The SMILES string of the molecule is CC1=C([CH-]OC(=O)N(C(C)C)C(C)C)CCC1.[Li+]. The fourth-order valence-electron chi connectivity index (χ4n) is 2.28. The Labute approximate surface area is 123 Å². The fourth-order valence-corrected chi connectivity index (χ4v) is 2.28. The van der Waals surface area contributed by atoms with Crippen LogP contribution in [-0.4, -0.2) is 23.1 Å². The first kappa shape index (κ1) is 17.5. The molecule has 0 radical (unpaired) electrons. The van der Waals surface area contributed by atoms with Crippen LogP contribution in [0, 0.1) is 6.61 Å². The first-order valence-electron chi connectivity index (χ1n) is 6.44. The molecule has 0 saturated heterocycles. The molecule has 1 aliphatic rings. The van der Waals surface area contributed by atoms with Gasteiger partial charge in [-0.1, -0.05) is 25.9 Å². The van der Waals surface area contributed by atoms with Gasteiger partial charge in [0.25, 0.3) is 0 Å². The van der Waals surface area contributed by atoms with E-state index in [9.17, 15) is 4.79 Å². The molecule has 0 N–H and O–H groups in total. The Kier molecular flexibility index (Phi) is 7.59. The first-order chi connectivity index (χ1) is 7.93. The molecule has 0 bridgehead atoms. The van der Waals surface area contributed by atoms with E-state index in [-0.39, 0.29) is 37.0 Å². The molecule has 0 aliphatic heterocycles. The fraction of sp³-hybridized carbons (Fsp3) is 0.714. The molecule has 0 spiro atoms. The van der Waals surface area contributed by atoms with Gasteiger partial charge in [-0.2, -0.15) is 5.57 Å². The largest absolute Gasteiger partial charge is 1.00 e. The molecule has 0 heterocycles. The predicted octanol–water partition coefficient (Wildman–Crippen LogP) is 0.908. The minimum atomic E-state index is -0.248. The summed E-state index contributed by atoms with van der Waals surface area (Å²) in [6, 6.07) is 0.323. The average Bonchev–Trinajstić information content (AvgIpc) is 2.59. The molecule has 0 aromatic rings. The van der Waals surface area contributed by atoms with Gasteiger partial charge < -0.3 is 9.64 Å². The number of carbonyl (C=O) groups excluding carboxylic acids is 1. The number of rotatable bonds is 4. The maximum Gasteiger partial charge on any atom is 1.00 e. The number of hydrogen-bond donors (Lipinski definition) is 0. The number of ether oxygens (including phenoxy) is 1. The van der Waals surface area contributed by atoms with Crippen LogP contribution >= 0.6 is 0 Å². The van der Waals surface area contributed by atoms with Crippen LogP contribution in [0.15, 0.2) is 11.1 Å². The van der Waals surface area contributed by atoms with Gasteiger partial charge in [-0.05, 0) is 27.7 Å². The van der Waals surface area contributed by atoms with Crippen molar-refractivity contribution in [2.75, 3.05) is 0 Å². The van der Waals surface area contributed by atoms with E-state index in [1.54, 1.807) is 11.5 Å². The summed E-state index contributed by atoms with van der Waals surface area (Å²) in [7, 11) is 0. The molecule has 0 aromatic heterocycles. The summed E-state index contributed by atoms with van der Waals surface area (Å²) in [5.41, 5.74) is 2.53. The molecule has 0 atom stereocenters. The predicted molar refractivity (Wildman–Crippen MR) is 69.4 cm³/mol. The normalized spacial score (nSPS) is 14.8. The van der Waals surface area contributed by atoms with Gasteiger partial charge in [0.2, 0.25) is 0 Å². The smallest absolute Gasteiger partial charge is 0.511 e. The van der Waals surface area contributed by atoms with Crippen LogP contribution < -0.4 is 18.9 Å². The molecular formula is C14H24LiNO2. The molecule has 0 saturated carbocycles. The van der Waals surface area contributed by atoms with Gasteiger partial charge in [-0.3, -0.25) is 0 Å². The van der Waals surface area contributed by atoms with Gasteiger partial charge in [0.05, 0.1) is 0 Å². The van der Waals surface area contributed by atoms with E-state index < -0.39 is 0 Å². The van der Waals surface area contributed by atoms with Crippen molar-refractivity contribution < 1.29 is 28.4 Å². The molecule has 1 rings (SSSR count). The third kappa shape index (κ3) is 4.63. The Morgan fingerprint density at radius 3 is 2.17 bits per heavy atom. The minimum absolute atomic E-state index is 0. The molecule has 0 unspecified atom stereocenters. The van der Waals surface area contributed by atoms with Crippen molar-refractivity contribution in [1.29, 1.82) is 0 Å². The van der Waals surface area contributed by atoms with E-state index >= 15 is 0 Å². The van der Waals surface area contributed by atoms with Gasteiger partial charge in [-0.25, -0.2) is 10.4 Å². The summed E-state index contributed by atoms with van der Waals surface area (Å²) >= 11 is 0. The van der Waals surface area contributed by atoms with Crippen LogP contribution in [0.5, 0.6) is 0 Å². The third-order valence-electron chi connectivity index (χ3n) is 3.17. The van der Waals surface area contributed by atoms with Crippen LogP contribution in [0.1, 0.15) is 53.9 Å². The molecule has 98 valence electrons. The second-order valence-electron chi connectivity index (χ2n) is 5.26. The van der Waals surface area contributed by atoms with E-state index in [1.807, 2.05) is 27.7 Å². The molecule has 18 heavy (non-hydrogen) atoms. The zero-order chi connectivity index (χ0) is 13.0. The van der Waals surface area contributed by atoms with E-state index in [4.69, 9.17) is 4.74 Å². The van der Waals surface area contributed by atoms with Crippen LogP contribution in [0.3, 0.4) is 0 Å². The summed E-state index contributed by atoms with van der Waals surface area (Å²) in [6.45, 7) is 11.8. The summed E-state index contributed by atoms with van der Waals surface area (Å²) in [5, 5.41) is 0. The Bertz CT molecular complexity index is 303. The molecule has 3 nitrogen and oxygen atoms in total. The van der Waals surface area contributed by atoms with Crippen molar-refractivity contribution in [1.82, 2.24) is 4.90 Å². The van der Waals surface area contributed by atoms with Gasteiger partial charge in [0, 0.05) is 12.1 Å². The third-order valence-corrected chi connectivity index (χ3v) is 3.17. The monoisotopic (exact) mass is 245 g/mol. The number of allylic oxidation sites excluding steroid dienone is 1. The van der Waals surface area contributed by atoms with Crippen molar-refractivity contribution in [3.63, 3.8) is 0 Å². The van der Waals surface area contributed by atoms with Crippen molar-refractivity contribution >= 4 is 6.09 Å². The Hall–Kier alpha value is -0.523. The van der Waals surface area contributed by atoms with E-state index in [2.05, 4.69) is 6.92 Å². The number of hydrogen-bond acceptors (Lipinski definition) is 2. The molecule has 0 aromatic carbocycles. The second kappa shape index (κ2) is 7.81. The van der Waals surface area contributed by atoms with Crippen molar-refractivity contribution in [2.24, 2.45) is 0 Å². The van der Waals surface area contributed by atoms with Crippen molar-refractivity contribution in [2.45, 2.75) is 66.0 Å². The summed E-state index contributed by atoms with van der Waals surface area (Å²) in [4.78, 5) is 13.7. The molecule has 1 aliphatic carbocycles. The standard InChI is InChI=1S/C14H24NO2.Li/c1-10(2)15(11(3)4)14(16)17-9-13-8-6-7-12(13)5;/h9-11H,6-8H2,1-5H3;/q-1;+1. The van der Waals surface area contributed by atoms with E-state index in [0.29, 0.717) is 0 Å². The Morgan fingerprint density at radius 2 is 1.78 bits per heavy atom. The Balaban J connectivity index is 0.00000289. The quantitative estimate of drug-likeness (QED) is 0.544. The maximum atomic E-state index is 11.9. The Morgan fingerprint density at radius 1 is 1.22 bits per heavy atom. The van der Waals surface area contributed by atoms with Gasteiger partial charge in [0.1, 0.15) is 0 Å². The number of carbonyl (C=O) groups is 1. The average molecular weight is 245 g/mol. The topological polar surface area (TPSA) is 29.5 Å². The summed E-state index contributed by atoms with van der Waals surface area (Å²) in [6.07, 6.45) is 3.08. The molecule has 1 amide bonds. The minimum Gasteiger partial charge on any atom is -0.511 e.